The van der Waals surface area contributed by atoms with Crippen LogP contribution in [-0.2, 0) is 0 Å². The van der Waals surface area contributed by atoms with Crippen molar-refractivity contribution in [2.45, 2.75) is 0 Å². The van der Waals surface area contributed by atoms with Crippen molar-refractivity contribution in [3.8, 4) is 5.75 Å². The van der Waals surface area contributed by atoms with Crippen molar-refractivity contribution in [3.63, 3.8) is 0 Å². The lowest BCUT2D eigenvalue weighted by atomic mass is 10.2. The van der Waals surface area contributed by atoms with E-state index in [1.807, 2.05) is 16.8 Å². The smallest absolute Gasteiger partial charge is 0.207 e. The predicted octanol–water partition coefficient (Wildman–Crippen LogP) is 3.81. The van der Waals surface area contributed by atoms with Gasteiger partial charge in [0, 0.05) is 10.9 Å². The van der Waals surface area contributed by atoms with Crippen LogP contribution in [0.25, 0.3) is 0 Å². The highest BCUT2D eigenvalue weighted by Crippen LogP contribution is 2.29. The summed E-state index contributed by atoms with van der Waals surface area (Å²) in [4.78, 5) is 12.7. The zero-order chi connectivity index (χ0) is 10.8. The van der Waals surface area contributed by atoms with Crippen LogP contribution in [0.15, 0.2) is 26.7 Å². The Morgan fingerprint density at radius 3 is 2.87 bits per heavy atom. The Bertz CT molecular complexity index is 487. The molecule has 0 saturated carbocycles. The van der Waals surface area contributed by atoms with Crippen LogP contribution in [0.5, 0.6) is 5.75 Å². The zero-order valence-corrected chi connectivity index (χ0v) is 11.0. The lowest BCUT2D eigenvalue weighted by molar-refractivity contribution is 0.104. The van der Waals surface area contributed by atoms with Gasteiger partial charge in [-0.1, -0.05) is 0 Å². The number of hydrogen-bond acceptors (Lipinski definition) is 4. The number of methoxy groups -OCH3 is 1. The molecule has 0 saturated heterocycles. The van der Waals surface area contributed by atoms with E-state index in [-0.39, 0.29) is 5.78 Å². The van der Waals surface area contributed by atoms with Gasteiger partial charge in [-0.3, -0.25) is 4.79 Å². The topological polar surface area (TPSA) is 26.3 Å². The second kappa shape index (κ2) is 4.47. The molecule has 0 N–H and O–H groups in total. The lowest BCUT2D eigenvalue weighted by Crippen LogP contribution is -1.98. The number of hydrogen-bond donors (Lipinski definition) is 0. The van der Waals surface area contributed by atoms with Gasteiger partial charge in [0.1, 0.15) is 10.6 Å². The van der Waals surface area contributed by atoms with Gasteiger partial charge in [-0.15, -0.1) is 22.7 Å². The Labute approximate surface area is 104 Å². The minimum Gasteiger partial charge on any atom is -0.495 e. The van der Waals surface area contributed by atoms with E-state index in [1.165, 1.54) is 22.7 Å². The molecule has 0 aliphatic carbocycles. The summed E-state index contributed by atoms with van der Waals surface area (Å²) in [5.41, 5.74) is 0.702. The van der Waals surface area contributed by atoms with E-state index < -0.39 is 0 Å². The number of halogens is 1. The van der Waals surface area contributed by atoms with Crippen molar-refractivity contribution >= 4 is 44.4 Å². The Balaban J connectivity index is 2.36. The molecule has 0 aliphatic heterocycles. The van der Waals surface area contributed by atoms with Crippen LogP contribution < -0.4 is 4.74 Å². The van der Waals surface area contributed by atoms with Crippen LogP contribution in [0.3, 0.4) is 0 Å². The van der Waals surface area contributed by atoms with E-state index in [4.69, 9.17) is 4.74 Å². The Morgan fingerprint density at radius 1 is 1.47 bits per heavy atom. The maximum absolute atomic E-state index is 12.0. The third-order valence-corrected chi connectivity index (χ3v) is 4.28. The predicted molar refractivity (Wildman–Crippen MR) is 66.3 cm³/mol. The number of rotatable bonds is 3. The molecule has 2 nitrogen and oxygen atoms in total. The molecule has 0 unspecified atom stereocenters. The standard InChI is InChI=1S/C10H7BrO2S2/c1-13-7-2-3-14-10(7)9(12)6-4-8(11)15-5-6/h2-5H,1H3. The van der Waals surface area contributed by atoms with Crippen molar-refractivity contribution in [1.29, 1.82) is 0 Å². The fourth-order valence-corrected chi connectivity index (χ4v) is 3.14. The first-order chi connectivity index (χ1) is 7.22. The van der Waals surface area contributed by atoms with Crippen LogP contribution in [0.2, 0.25) is 0 Å². The van der Waals surface area contributed by atoms with Gasteiger partial charge in [-0.25, -0.2) is 0 Å². The van der Waals surface area contributed by atoms with Crippen LogP contribution in [0, 0.1) is 0 Å². The molecule has 5 heteroatoms. The van der Waals surface area contributed by atoms with Gasteiger partial charge in [-0.05, 0) is 33.4 Å². The van der Waals surface area contributed by atoms with E-state index in [9.17, 15) is 4.79 Å². The van der Waals surface area contributed by atoms with Gasteiger partial charge >= 0.3 is 0 Å². The monoisotopic (exact) mass is 302 g/mol. The molecule has 2 heterocycles. The minimum absolute atomic E-state index is 0.0174. The van der Waals surface area contributed by atoms with Crippen LogP contribution in [0.4, 0.5) is 0 Å². The molecule has 0 spiro atoms. The second-order valence-electron chi connectivity index (χ2n) is 2.79. The first-order valence-electron chi connectivity index (χ1n) is 4.12. The van der Waals surface area contributed by atoms with Gasteiger partial charge in [0.15, 0.2) is 0 Å². The molecule has 0 atom stereocenters. The first kappa shape index (κ1) is 10.9. The summed E-state index contributed by atoms with van der Waals surface area (Å²) in [6.07, 6.45) is 0. The summed E-state index contributed by atoms with van der Waals surface area (Å²) < 4.78 is 6.08. The minimum atomic E-state index is 0.0174. The van der Waals surface area contributed by atoms with Crippen molar-refractivity contribution in [2.24, 2.45) is 0 Å². The molecule has 2 aromatic heterocycles. The van der Waals surface area contributed by atoms with Crippen LogP contribution in [-0.4, -0.2) is 12.9 Å². The molecular formula is C10H7BrO2S2. The summed E-state index contributed by atoms with van der Waals surface area (Å²) in [5, 5.41) is 3.69. The maximum Gasteiger partial charge on any atom is 0.207 e. The molecule has 2 aromatic rings. The number of carbonyl (C=O) groups excluding carboxylic acids is 1. The number of ketones is 1. The maximum atomic E-state index is 12.0. The third-order valence-electron chi connectivity index (χ3n) is 1.88. The van der Waals surface area contributed by atoms with E-state index in [1.54, 1.807) is 13.2 Å². The second-order valence-corrected chi connectivity index (χ2v) is 5.99. The average molecular weight is 303 g/mol. The van der Waals surface area contributed by atoms with Crippen molar-refractivity contribution in [2.75, 3.05) is 7.11 Å². The molecule has 2 rings (SSSR count). The van der Waals surface area contributed by atoms with E-state index >= 15 is 0 Å². The van der Waals surface area contributed by atoms with Crippen molar-refractivity contribution in [1.82, 2.24) is 0 Å². The van der Waals surface area contributed by atoms with Gasteiger partial charge in [0.05, 0.1) is 10.9 Å². The Kier molecular flexibility index (Phi) is 3.23. The molecule has 0 amide bonds. The molecule has 0 radical (unpaired) electrons. The molecule has 0 fully saturated rings. The fourth-order valence-electron chi connectivity index (χ4n) is 1.18. The van der Waals surface area contributed by atoms with Crippen LogP contribution >= 0.6 is 38.6 Å². The Hall–Kier alpha value is -0.650. The average Bonchev–Trinajstić information content (AvgIpc) is 2.84. The quantitative estimate of drug-likeness (QED) is 0.806. The van der Waals surface area contributed by atoms with E-state index in [2.05, 4.69) is 15.9 Å². The highest BCUT2D eigenvalue weighted by atomic mass is 79.9. The molecule has 0 aromatic carbocycles. The van der Waals surface area contributed by atoms with E-state index in [0.29, 0.717) is 16.2 Å². The summed E-state index contributed by atoms with van der Waals surface area (Å²) in [7, 11) is 1.57. The molecular weight excluding hydrogens is 296 g/mol. The summed E-state index contributed by atoms with van der Waals surface area (Å²) in [5.74, 6) is 0.663. The number of ether oxygens (including phenoxy) is 1. The van der Waals surface area contributed by atoms with Crippen LogP contribution in [0.1, 0.15) is 15.2 Å². The van der Waals surface area contributed by atoms with Gasteiger partial charge in [0.25, 0.3) is 0 Å². The summed E-state index contributed by atoms with van der Waals surface area (Å²) in [6, 6.07) is 3.63. The highest BCUT2D eigenvalue weighted by molar-refractivity contribution is 9.11. The third kappa shape index (κ3) is 2.14. The number of thiophene rings is 2. The largest absolute Gasteiger partial charge is 0.495 e. The fraction of sp³-hybridized carbons (Fsp3) is 0.100. The summed E-state index contributed by atoms with van der Waals surface area (Å²) in [6.45, 7) is 0. The Morgan fingerprint density at radius 2 is 2.27 bits per heavy atom. The summed E-state index contributed by atoms with van der Waals surface area (Å²) >= 11 is 6.24. The normalized spacial score (nSPS) is 10.3. The molecule has 0 bridgehead atoms. The number of carbonyl (C=O) groups is 1. The SMILES string of the molecule is COc1ccsc1C(=O)c1csc(Br)c1. The zero-order valence-electron chi connectivity index (χ0n) is 7.82. The van der Waals surface area contributed by atoms with Gasteiger partial charge < -0.3 is 4.74 Å². The molecule has 0 aliphatic rings. The van der Waals surface area contributed by atoms with Gasteiger partial charge in [-0.2, -0.15) is 0 Å². The van der Waals surface area contributed by atoms with Crippen molar-refractivity contribution < 1.29 is 9.53 Å². The molecule has 15 heavy (non-hydrogen) atoms. The highest BCUT2D eigenvalue weighted by Gasteiger charge is 2.16. The first-order valence-corrected chi connectivity index (χ1v) is 6.68. The molecule has 78 valence electrons. The lowest BCUT2D eigenvalue weighted by Gasteiger charge is -1.99. The van der Waals surface area contributed by atoms with Crippen molar-refractivity contribution in [3.05, 3.63) is 37.1 Å². The van der Waals surface area contributed by atoms with Gasteiger partial charge in [0.2, 0.25) is 5.78 Å². The van der Waals surface area contributed by atoms with E-state index in [0.717, 1.165) is 3.79 Å².